The van der Waals surface area contributed by atoms with Crippen molar-refractivity contribution < 1.29 is 4.79 Å². The van der Waals surface area contributed by atoms with E-state index in [1.54, 1.807) is 22.4 Å². The van der Waals surface area contributed by atoms with Crippen molar-refractivity contribution in [3.8, 4) is 10.6 Å². The van der Waals surface area contributed by atoms with Crippen LogP contribution in [0.1, 0.15) is 30.1 Å². The molecular formula is C15H18N2OS. The number of hydrogen-bond acceptors (Lipinski definition) is 3. The van der Waals surface area contributed by atoms with Crippen molar-refractivity contribution in [3.05, 3.63) is 41.4 Å². The molecule has 1 aromatic carbocycles. The molecule has 0 saturated carbocycles. The normalized spacial score (nSPS) is 10.4. The third kappa shape index (κ3) is 3.41. The number of unbranched alkanes of at least 4 members (excludes halogenated alkanes) is 1. The molecule has 0 atom stereocenters. The number of nitrogens with zero attached hydrogens (tertiary/aromatic N) is 2. The predicted molar refractivity (Wildman–Crippen MR) is 79.4 cm³/mol. The summed E-state index contributed by atoms with van der Waals surface area (Å²) < 4.78 is 0. The lowest BCUT2D eigenvalue weighted by Gasteiger charge is -2.16. The highest BCUT2D eigenvalue weighted by molar-refractivity contribution is 7.13. The highest BCUT2D eigenvalue weighted by Crippen LogP contribution is 2.22. The van der Waals surface area contributed by atoms with Gasteiger partial charge in [-0.2, -0.15) is 0 Å². The quantitative estimate of drug-likeness (QED) is 0.833. The summed E-state index contributed by atoms with van der Waals surface area (Å²) in [6.07, 6.45) is 3.93. The fourth-order valence-corrected chi connectivity index (χ4v) is 2.48. The van der Waals surface area contributed by atoms with E-state index in [-0.39, 0.29) is 5.91 Å². The molecule has 4 heteroatoms. The molecule has 0 radical (unpaired) electrons. The van der Waals surface area contributed by atoms with Crippen molar-refractivity contribution >= 4 is 17.2 Å². The molecule has 0 unspecified atom stereocenters. The fraction of sp³-hybridized carbons (Fsp3) is 0.333. The Bertz CT molecular complexity index is 520. The number of rotatable bonds is 5. The Morgan fingerprint density at radius 2 is 2.05 bits per heavy atom. The van der Waals surface area contributed by atoms with Crippen LogP contribution in [0.3, 0.4) is 0 Å². The Hall–Kier alpha value is -1.68. The van der Waals surface area contributed by atoms with Gasteiger partial charge in [0.25, 0.3) is 5.91 Å². The number of benzene rings is 1. The second kappa shape index (κ2) is 6.48. The van der Waals surface area contributed by atoms with Crippen molar-refractivity contribution in [2.45, 2.75) is 19.8 Å². The first kappa shape index (κ1) is 13.7. The molecular weight excluding hydrogens is 256 g/mol. The van der Waals surface area contributed by atoms with Crippen LogP contribution >= 0.6 is 11.3 Å². The minimum absolute atomic E-state index is 0.0825. The van der Waals surface area contributed by atoms with Crippen LogP contribution in [-0.4, -0.2) is 29.4 Å². The van der Waals surface area contributed by atoms with E-state index in [1.165, 1.54) is 0 Å². The van der Waals surface area contributed by atoms with Crippen LogP contribution < -0.4 is 0 Å². The molecule has 0 spiro atoms. The molecule has 1 amide bonds. The lowest BCUT2D eigenvalue weighted by Crippen LogP contribution is -2.27. The largest absolute Gasteiger partial charge is 0.342 e. The number of aromatic nitrogens is 1. The fourth-order valence-electron chi connectivity index (χ4n) is 1.84. The molecule has 0 bridgehead atoms. The summed E-state index contributed by atoms with van der Waals surface area (Å²) in [5.74, 6) is 0.0825. The average molecular weight is 274 g/mol. The van der Waals surface area contributed by atoms with Crippen molar-refractivity contribution in [1.29, 1.82) is 0 Å². The average Bonchev–Trinajstić information content (AvgIpc) is 2.98. The summed E-state index contributed by atoms with van der Waals surface area (Å²) >= 11 is 1.60. The van der Waals surface area contributed by atoms with Crippen LogP contribution in [0.5, 0.6) is 0 Å². The van der Waals surface area contributed by atoms with Crippen molar-refractivity contribution in [3.63, 3.8) is 0 Å². The molecule has 0 aliphatic heterocycles. The summed E-state index contributed by atoms with van der Waals surface area (Å²) in [5, 5.41) is 2.94. The first-order valence-corrected chi connectivity index (χ1v) is 7.35. The van der Waals surface area contributed by atoms with Crippen LogP contribution in [0.4, 0.5) is 0 Å². The molecule has 2 aromatic rings. The molecule has 0 N–H and O–H groups in total. The number of hydrogen-bond donors (Lipinski definition) is 0. The zero-order valence-electron chi connectivity index (χ0n) is 11.3. The third-order valence-corrected chi connectivity index (χ3v) is 3.83. The zero-order valence-corrected chi connectivity index (χ0v) is 12.1. The van der Waals surface area contributed by atoms with Gasteiger partial charge in [0.2, 0.25) is 0 Å². The smallest absolute Gasteiger partial charge is 0.253 e. The lowest BCUT2D eigenvalue weighted by molar-refractivity contribution is 0.0793. The zero-order chi connectivity index (χ0) is 13.7. The summed E-state index contributed by atoms with van der Waals surface area (Å²) in [6.45, 7) is 2.94. The van der Waals surface area contributed by atoms with Gasteiger partial charge in [-0.25, -0.2) is 4.98 Å². The van der Waals surface area contributed by atoms with Crippen LogP contribution in [-0.2, 0) is 0 Å². The standard InChI is InChI=1S/C15H18N2OS/c1-3-4-10-17(2)15(18)13-7-5-12(6-8-13)14-16-9-11-19-14/h5-9,11H,3-4,10H2,1-2H3. The van der Waals surface area contributed by atoms with E-state index in [2.05, 4.69) is 11.9 Å². The molecule has 0 aliphatic rings. The summed E-state index contributed by atoms with van der Waals surface area (Å²) in [7, 11) is 1.85. The molecule has 0 aliphatic carbocycles. The van der Waals surface area contributed by atoms with E-state index in [0.717, 1.165) is 35.5 Å². The van der Waals surface area contributed by atoms with E-state index >= 15 is 0 Å². The Balaban J connectivity index is 2.08. The maximum atomic E-state index is 12.2. The van der Waals surface area contributed by atoms with Gasteiger partial charge in [-0.15, -0.1) is 11.3 Å². The van der Waals surface area contributed by atoms with Gasteiger partial charge in [-0.3, -0.25) is 4.79 Å². The van der Waals surface area contributed by atoms with Gasteiger partial charge >= 0.3 is 0 Å². The Labute approximate surface area is 117 Å². The molecule has 19 heavy (non-hydrogen) atoms. The minimum Gasteiger partial charge on any atom is -0.342 e. The molecule has 1 aromatic heterocycles. The number of carbonyl (C=O) groups is 1. The highest BCUT2D eigenvalue weighted by Gasteiger charge is 2.11. The Morgan fingerprint density at radius 1 is 1.32 bits per heavy atom. The molecule has 1 heterocycles. The van der Waals surface area contributed by atoms with Crippen molar-refractivity contribution in [2.24, 2.45) is 0 Å². The van der Waals surface area contributed by atoms with E-state index in [0.29, 0.717) is 0 Å². The maximum Gasteiger partial charge on any atom is 0.253 e. The highest BCUT2D eigenvalue weighted by atomic mass is 32.1. The van der Waals surface area contributed by atoms with E-state index in [1.807, 2.05) is 36.7 Å². The van der Waals surface area contributed by atoms with Gasteiger partial charge in [0.05, 0.1) is 0 Å². The van der Waals surface area contributed by atoms with Gasteiger partial charge in [0, 0.05) is 36.3 Å². The second-order valence-electron chi connectivity index (χ2n) is 4.49. The van der Waals surface area contributed by atoms with Crippen LogP contribution in [0, 0.1) is 0 Å². The van der Waals surface area contributed by atoms with Crippen molar-refractivity contribution in [2.75, 3.05) is 13.6 Å². The first-order valence-electron chi connectivity index (χ1n) is 6.47. The third-order valence-electron chi connectivity index (χ3n) is 3.00. The van der Waals surface area contributed by atoms with Crippen LogP contribution in [0.2, 0.25) is 0 Å². The van der Waals surface area contributed by atoms with Gasteiger partial charge in [-0.05, 0) is 18.6 Å². The summed E-state index contributed by atoms with van der Waals surface area (Å²) in [5.41, 5.74) is 1.79. The number of thiazole rings is 1. The lowest BCUT2D eigenvalue weighted by atomic mass is 10.1. The minimum atomic E-state index is 0.0825. The van der Waals surface area contributed by atoms with E-state index in [9.17, 15) is 4.79 Å². The van der Waals surface area contributed by atoms with Gasteiger partial charge in [0.1, 0.15) is 5.01 Å². The van der Waals surface area contributed by atoms with Crippen molar-refractivity contribution in [1.82, 2.24) is 9.88 Å². The Kier molecular flexibility index (Phi) is 4.68. The van der Waals surface area contributed by atoms with Crippen LogP contribution in [0.15, 0.2) is 35.8 Å². The topological polar surface area (TPSA) is 33.2 Å². The van der Waals surface area contributed by atoms with Gasteiger partial charge < -0.3 is 4.90 Å². The Morgan fingerprint density at radius 3 is 2.63 bits per heavy atom. The van der Waals surface area contributed by atoms with Gasteiger partial charge in [-0.1, -0.05) is 25.5 Å². The first-order chi connectivity index (χ1) is 9.22. The molecule has 100 valence electrons. The maximum absolute atomic E-state index is 12.2. The number of carbonyl (C=O) groups excluding carboxylic acids is 1. The van der Waals surface area contributed by atoms with Crippen LogP contribution in [0.25, 0.3) is 10.6 Å². The second-order valence-corrected chi connectivity index (χ2v) is 5.39. The van der Waals surface area contributed by atoms with E-state index in [4.69, 9.17) is 0 Å². The summed E-state index contributed by atoms with van der Waals surface area (Å²) in [4.78, 5) is 18.2. The SMILES string of the molecule is CCCCN(C)C(=O)c1ccc(-c2nccs2)cc1. The van der Waals surface area contributed by atoms with Gasteiger partial charge in [0.15, 0.2) is 0 Å². The molecule has 3 nitrogen and oxygen atoms in total. The van der Waals surface area contributed by atoms with E-state index < -0.39 is 0 Å². The molecule has 0 fully saturated rings. The molecule has 2 rings (SSSR count). The monoisotopic (exact) mass is 274 g/mol. The number of amides is 1. The predicted octanol–water partition coefficient (Wildman–Crippen LogP) is 3.68. The summed E-state index contributed by atoms with van der Waals surface area (Å²) in [6, 6.07) is 7.67. The molecule has 0 saturated heterocycles.